The summed E-state index contributed by atoms with van der Waals surface area (Å²) in [5.74, 6) is -2.91. The van der Waals surface area contributed by atoms with E-state index >= 15 is 0 Å². The Labute approximate surface area is 217 Å². The molecule has 0 saturated heterocycles. The van der Waals surface area contributed by atoms with Gasteiger partial charge in [-0.15, -0.1) is 0 Å². The van der Waals surface area contributed by atoms with Gasteiger partial charge in [-0.2, -0.15) is 0 Å². The smallest absolute Gasteiger partial charge is 0.346 e. The molecule has 1 aliphatic rings. The Hall–Kier alpha value is -4.72. The number of rotatable bonds is 5. The first-order valence-electron chi connectivity index (χ1n) is 11.6. The predicted molar refractivity (Wildman–Crippen MR) is 135 cm³/mol. The standard InChI is InChI=1S/C30H22F2O6/c1-30(2)24-13-18(37-28(34)22-8-4-16(33)12-26(22)31)6-9-20(24)21-10-7-19(14-25(21)30)38-29(35)23-11-5-17(36-3)15-27(23)32/h4-15,33H,1-3H3. The number of hydrogen-bond acceptors (Lipinski definition) is 6. The Kier molecular flexibility index (Phi) is 6.11. The fourth-order valence-corrected chi connectivity index (χ4v) is 4.60. The number of aromatic hydroxyl groups is 1. The van der Waals surface area contributed by atoms with Gasteiger partial charge in [0.2, 0.25) is 0 Å². The van der Waals surface area contributed by atoms with Crippen molar-refractivity contribution in [1.29, 1.82) is 0 Å². The first kappa shape index (κ1) is 25.0. The van der Waals surface area contributed by atoms with E-state index in [1.165, 1.54) is 25.3 Å². The Morgan fingerprint density at radius 1 is 0.684 bits per heavy atom. The summed E-state index contributed by atoms with van der Waals surface area (Å²) in [6.07, 6.45) is 0. The maximum Gasteiger partial charge on any atom is 0.346 e. The van der Waals surface area contributed by atoms with Crippen LogP contribution in [-0.4, -0.2) is 24.2 Å². The average Bonchev–Trinajstić information content (AvgIpc) is 3.09. The molecule has 0 heterocycles. The zero-order chi connectivity index (χ0) is 27.2. The van der Waals surface area contributed by atoms with Crippen molar-refractivity contribution >= 4 is 11.9 Å². The number of esters is 2. The molecular weight excluding hydrogens is 494 g/mol. The summed E-state index contributed by atoms with van der Waals surface area (Å²) < 4.78 is 44.3. The van der Waals surface area contributed by atoms with Gasteiger partial charge in [0.15, 0.2) is 0 Å². The van der Waals surface area contributed by atoms with Gasteiger partial charge in [-0.1, -0.05) is 26.0 Å². The fourth-order valence-electron chi connectivity index (χ4n) is 4.60. The molecule has 0 amide bonds. The second-order valence-electron chi connectivity index (χ2n) is 9.33. The highest BCUT2D eigenvalue weighted by Crippen LogP contribution is 2.50. The van der Waals surface area contributed by atoms with Crippen LogP contribution in [0.15, 0.2) is 72.8 Å². The Bertz CT molecular complexity index is 1610. The SMILES string of the molecule is COc1ccc(C(=O)Oc2ccc3c(c2)C(C)(C)c2cc(OC(=O)c4ccc(O)cc4F)ccc2-3)c(F)c1. The molecule has 0 radical (unpaired) electrons. The van der Waals surface area contributed by atoms with Crippen molar-refractivity contribution in [2.24, 2.45) is 0 Å². The molecule has 0 atom stereocenters. The van der Waals surface area contributed by atoms with Gasteiger partial charge in [-0.05, 0) is 70.8 Å². The van der Waals surface area contributed by atoms with Crippen LogP contribution in [0.4, 0.5) is 8.78 Å². The van der Waals surface area contributed by atoms with E-state index in [4.69, 9.17) is 14.2 Å². The number of phenolic OH excluding ortho intramolecular Hbond substituents is 1. The minimum Gasteiger partial charge on any atom is -0.508 e. The van der Waals surface area contributed by atoms with Crippen LogP contribution in [0.2, 0.25) is 0 Å². The summed E-state index contributed by atoms with van der Waals surface area (Å²) in [7, 11) is 1.40. The summed E-state index contributed by atoms with van der Waals surface area (Å²) >= 11 is 0. The molecule has 0 bridgehead atoms. The first-order valence-corrected chi connectivity index (χ1v) is 11.6. The van der Waals surface area contributed by atoms with Gasteiger partial charge in [0.05, 0.1) is 18.2 Å². The minimum absolute atomic E-state index is 0.217. The Morgan fingerprint density at radius 3 is 1.63 bits per heavy atom. The summed E-state index contributed by atoms with van der Waals surface area (Å²) in [4.78, 5) is 25.2. The van der Waals surface area contributed by atoms with Gasteiger partial charge in [0.25, 0.3) is 0 Å². The summed E-state index contributed by atoms with van der Waals surface area (Å²) in [6, 6.07) is 17.4. The van der Waals surface area contributed by atoms with Gasteiger partial charge >= 0.3 is 11.9 Å². The van der Waals surface area contributed by atoms with E-state index in [-0.39, 0.29) is 34.1 Å². The van der Waals surface area contributed by atoms with E-state index < -0.39 is 29.0 Å². The van der Waals surface area contributed by atoms with Crippen LogP contribution in [-0.2, 0) is 5.41 Å². The van der Waals surface area contributed by atoms with E-state index in [2.05, 4.69) is 0 Å². The zero-order valence-electron chi connectivity index (χ0n) is 20.7. The number of benzene rings is 4. The van der Waals surface area contributed by atoms with Gasteiger partial charge < -0.3 is 19.3 Å². The molecule has 4 aromatic rings. The van der Waals surface area contributed by atoms with Crippen LogP contribution in [0.25, 0.3) is 11.1 Å². The molecule has 0 aliphatic heterocycles. The number of carbonyl (C=O) groups is 2. The lowest BCUT2D eigenvalue weighted by Gasteiger charge is -2.22. The topological polar surface area (TPSA) is 82.1 Å². The van der Waals surface area contributed by atoms with Gasteiger partial charge in [-0.3, -0.25) is 0 Å². The second kappa shape index (κ2) is 9.30. The molecule has 0 saturated carbocycles. The first-order chi connectivity index (χ1) is 18.1. The summed E-state index contributed by atoms with van der Waals surface area (Å²) in [6.45, 7) is 3.94. The van der Waals surface area contributed by atoms with Crippen molar-refractivity contribution in [1.82, 2.24) is 0 Å². The monoisotopic (exact) mass is 516 g/mol. The van der Waals surface area contributed by atoms with Crippen molar-refractivity contribution in [2.75, 3.05) is 7.11 Å². The third kappa shape index (κ3) is 4.34. The molecule has 0 unspecified atom stereocenters. The normalized spacial score (nSPS) is 12.9. The minimum atomic E-state index is -0.893. The molecule has 1 aliphatic carbocycles. The average molecular weight is 516 g/mol. The van der Waals surface area contributed by atoms with Crippen LogP contribution >= 0.6 is 0 Å². The molecule has 5 rings (SSSR count). The molecule has 192 valence electrons. The number of carbonyl (C=O) groups excluding carboxylic acids is 2. The Morgan fingerprint density at radius 2 is 1.16 bits per heavy atom. The maximum absolute atomic E-state index is 14.3. The highest BCUT2D eigenvalue weighted by Gasteiger charge is 2.36. The molecule has 38 heavy (non-hydrogen) atoms. The van der Waals surface area contributed by atoms with Crippen LogP contribution in [0, 0.1) is 11.6 Å². The van der Waals surface area contributed by atoms with Crippen molar-refractivity contribution in [3.8, 4) is 34.1 Å². The Balaban J connectivity index is 1.40. The molecule has 4 aromatic carbocycles. The van der Waals surface area contributed by atoms with E-state index in [1.54, 1.807) is 30.3 Å². The van der Waals surface area contributed by atoms with Gasteiger partial charge in [-0.25, -0.2) is 18.4 Å². The molecule has 6 nitrogen and oxygen atoms in total. The number of ether oxygens (including phenoxy) is 3. The number of methoxy groups -OCH3 is 1. The van der Waals surface area contributed by atoms with Crippen molar-refractivity contribution in [3.63, 3.8) is 0 Å². The second-order valence-corrected chi connectivity index (χ2v) is 9.33. The van der Waals surface area contributed by atoms with Crippen LogP contribution < -0.4 is 14.2 Å². The van der Waals surface area contributed by atoms with Crippen LogP contribution in [0.3, 0.4) is 0 Å². The molecular formula is C30H22F2O6. The van der Waals surface area contributed by atoms with Crippen LogP contribution in [0.1, 0.15) is 45.7 Å². The quantitative estimate of drug-likeness (QED) is 0.243. The highest BCUT2D eigenvalue weighted by atomic mass is 19.1. The van der Waals surface area contributed by atoms with Gasteiger partial charge in [0.1, 0.15) is 34.6 Å². The lowest BCUT2D eigenvalue weighted by Crippen LogP contribution is -2.16. The summed E-state index contributed by atoms with van der Waals surface area (Å²) in [5, 5.41) is 9.37. The number of phenols is 1. The summed E-state index contributed by atoms with van der Waals surface area (Å²) in [5.41, 5.74) is 2.44. The molecule has 1 N–H and O–H groups in total. The third-order valence-electron chi connectivity index (χ3n) is 6.61. The van der Waals surface area contributed by atoms with Crippen molar-refractivity contribution in [2.45, 2.75) is 19.3 Å². The van der Waals surface area contributed by atoms with Crippen molar-refractivity contribution < 1.29 is 37.7 Å². The van der Waals surface area contributed by atoms with E-state index in [0.29, 0.717) is 0 Å². The lowest BCUT2D eigenvalue weighted by atomic mass is 9.82. The molecule has 8 heteroatoms. The third-order valence-corrected chi connectivity index (χ3v) is 6.61. The van der Waals surface area contributed by atoms with E-state index in [1.807, 2.05) is 19.9 Å². The highest BCUT2D eigenvalue weighted by molar-refractivity contribution is 5.93. The van der Waals surface area contributed by atoms with E-state index in [0.717, 1.165) is 40.5 Å². The van der Waals surface area contributed by atoms with Crippen molar-refractivity contribution in [3.05, 3.63) is 107 Å². The molecule has 0 fully saturated rings. The predicted octanol–water partition coefficient (Wildman–Crippen LogP) is 6.42. The number of halogens is 2. The van der Waals surface area contributed by atoms with Crippen LogP contribution in [0.5, 0.6) is 23.0 Å². The fraction of sp³-hybridized carbons (Fsp3) is 0.133. The zero-order valence-corrected chi connectivity index (χ0v) is 20.7. The largest absolute Gasteiger partial charge is 0.508 e. The lowest BCUT2D eigenvalue weighted by molar-refractivity contribution is 0.0720. The number of fused-ring (bicyclic) bond motifs is 3. The maximum atomic E-state index is 14.3. The van der Waals surface area contributed by atoms with Gasteiger partial charge in [0, 0.05) is 17.5 Å². The van der Waals surface area contributed by atoms with E-state index in [9.17, 15) is 23.5 Å². The molecule has 0 aromatic heterocycles. The number of hydrogen-bond donors (Lipinski definition) is 1. The molecule has 0 spiro atoms.